The number of nitrogens with one attached hydrogen (secondary N) is 2. The van der Waals surface area contributed by atoms with Gasteiger partial charge in [-0.05, 0) is 36.8 Å². The lowest BCUT2D eigenvalue weighted by Gasteiger charge is -2.12. The molecule has 1 aromatic heterocycles. The molecule has 0 spiro atoms. The summed E-state index contributed by atoms with van der Waals surface area (Å²) in [7, 11) is 0. The van der Waals surface area contributed by atoms with E-state index in [0.717, 1.165) is 11.1 Å². The Morgan fingerprint density at radius 1 is 1.20 bits per heavy atom. The van der Waals surface area contributed by atoms with Crippen LogP contribution in [0, 0.1) is 12.7 Å². The second-order valence-electron chi connectivity index (χ2n) is 5.80. The SMILES string of the molecule is Cc1ccc(C(O)CNC(=O)c2cn[nH]c2-c2ccc(F)cc2)cc1. The highest BCUT2D eigenvalue weighted by molar-refractivity contribution is 5.99. The van der Waals surface area contributed by atoms with Gasteiger partial charge in [-0.1, -0.05) is 29.8 Å². The first kappa shape index (κ1) is 16.9. The maximum Gasteiger partial charge on any atom is 0.255 e. The molecule has 1 unspecified atom stereocenters. The average Bonchev–Trinajstić information content (AvgIpc) is 3.10. The molecule has 0 fully saturated rings. The van der Waals surface area contributed by atoms with E-state index in [1.165, 1.54) is 18.3 Å². The molecular weight excluding hydrogens is 321 g/mol. The monoisotopic (exact) mass is 339 g/mol. The van der Waals surface area contributed by atoms with Crippen LogP contribution in [-0.4, -0.2) is 27.8 Å². The minimum atomic E-state index is -0.800. The van der Waals surface area contributed by atoms with Crippen molar-refractivity contribution < 1.29 is 14.3 Å². The number of aryl methyl sites for hydroxylation is 1. The minimum Gasteiger partial charge on any atom is -0.387 e. The normalized spacial score (nSPS) is 12.0. The molecule has 2 aromatic carbocycles. The molecule has 3 rings (SSSR count). The Labute approximate surface area is 144 Å². The Balaban J connectivity index is 1.69. The van der Waals surface area contributed by atoms with Crippen molar-refractivity contribution in [2.45, 2.75) is 13.0 Å². The summed E-state index contributed by atoms with van der Waals surface area (Å²) in [5.41, 5.74) is 3.33. The van der Waals surface area contributed by atoms with E-state index in [2.05, 4.69) is 15.5 Å². The van der Waals surface area contributed by atoms with Gasteiger partial charge in [0, 0.05) is 12.1 Å². The van der Waals surface area contributed by atoms with Crippen LogP contribution in [0.3, 0.4) is 0 Å². The third-order valence-corrected chi connectivity index (χ3v) is 3.93. The summed E-state index contributed by atoms with van der Waals surface area (Å²) >= 11 is 0. The average molecular weight is 339 g/mol. The number of hydrogen-bond acceptors (Lipinski definition) is 3. The second kappa shape index (κ2) is 7.27. The minimum absolute atomic E-state index is 0.0793. The fourth-order valence-corrected chi connectivity index (χ4v) is 2.49. The molecule has 0 saturated carbocycles. The number of hydrogen-bond donors (Lipinski definition) is 3. The van der Waals surface area contributed by atoms with E-state index in [1.807, 2.05) is 31.2 Å². The molecule has 0 saturated heterocycles. The van der Waals surface area contributed by atoms with Crippen LogP contribution >= 0.6 is 0 Å². The first-order chi connectivity index (χ1) is 12.0. The Morgan fingerprint density at radius 2 is 1.88 bits per heavy atom. The van der Waals surface area contributed by atoms with Crippen LogP contribution in [-0.2, 0) is 0 Å². The third-order valence-electron chi connectivity index (χ3n) is 3.93. The van der Waals surface area contributed by atoms with Crippen LogP contribution in [0.25, 0.3) is 11.3 Å². The summed E-state index contributed by atoms with van der Waals surface area (Å²) in [6.45, 7) is 2.05. The third kappa shape index (κ3) is 3.92. The quantitative estimate of drug-likeness (QED) is 0.669. The molecule has 6 heteroatoms. The summed E-state index contributed by atoms with van der Waals surface area (Å²) in [5, 5.41) is 19.5. The molecule has 128 valence electrons. The zero-order valence-corrected chi connectivity index (χ0v) is 13.7. The summed E-state index contributed by atoms with van der Waals surface area (Å²) in [6, 6.07) is 13.2. The summed E-state index contributed by atoms with van der Waals surface area (Å²) < 4.78 is 13.1. The molecular formula is C19H18FN3O2. The lowest BCUT2D eigenvalue weighted by molar-refractivity contribution is 0.0917. The number of aromatic nitrogens is 2. The molecule has 0 bridgehead atoms. The maximum atomic E-state index is 13.1. The first-order valence-corrected chi connectivity index (χ1v) is 7.86. The van der Waals surface area contributed by atoms with Crippen LogP contribution in [0.15, 0.2) is 54.7 Å². The number of benzene rings is 2. The van der Waals surface area contributed by atoms with Crippen LogP contribution in [0.1, 0.15) is 27.6 Å². The van der Waals surface area contributed by atoms with Gasteiger partial charge in [0.25, 0.3) is 5.91 Å². The van der Waals surface area contributed by atoms with E-state index in [9.17, 15) is 14.3 Å². The van der Waals surface area contributed by atoms with E-state index in [4.69, 9.17) is 0 Å². The fraction of sp³-hybridized carbons (Fsp3) is 0.158. The van der Waals surface area contributed by atoms with Gasteiger partial charge in [0.15, 0.2) is 0 Å². The van der Waals surface area contributed by atoms with E-state index in [-0.39, 0.29) is 18.3 Å². The van der Waals surface area contributed by atoms with Gasteiger partial charge < -0.3 is 10.4 Å². The molecule has 1 heterocycles. The number of carbonyl (C=O) groups excluding carboxylic acids is 1. The molecule has 1 amide bonds. The number of H-pyrrole nitrogens is 1. The van der Waals surface area contributed by atoms with Gasteiger partial charge in [0.2, 0.25) is 0 Å². The van der Waals surface area contributed by atoms with Gasteiger partial charge in [-0.25, -0.2) is 4.39 Å². The Bertz CT molecular complexity index is 857. The predicted molar refractivity (Wildman–Crippen MR) is 92.5 cm³/mol. The zero-order chi connectivity index (χ0) is 17.8. The van der Waals surface area contributed by atoms with Gasteiger partial charge in [-0.3, -0.25) is 9.89 Å². The number of aliphatic hydroxyl groups excluding tert-OH is 1. The molecule has 3 aromatic rings. The van der Waals surface area contributed by atoms with E-state index in [1.54, 1.807) is 12.1 Å². The Morgan fingerprint density at radius 3 is 2.56 bits per heavy atom. The maximum absolute atomic E-state index is 13.1. The number of halogens is 1. The molecule has 0 aliphatic heterocycles. The fourth-order valence-electron chi connectivity index (χ4n) is 2.49. The van der Waals surface area contributed by atoms with Crippen LogP contribution < -0.4 is 5.32 Å². The van der Waals surface area contributed by atoms with E-state index >= 15 is 0 Å². The highest BCUT2D eigenvalue weighted by Gasteiger charge is 2.17. The van der Waals surface area contributed by atoms with Gasteiger partial charge >= 0.3 is 0 Å². The van der Waals surface area contributed by atoms with Crippen LogP contribution in [0.4, 0.5) is 4.39 Å². The van der Waals surface area contributed by atoms with Crippen molar-refractivity contribution in [1.82, 2.24) is 15.5 Å². The molecule has 0 radical (unpaired) electrons. The van der Waals surface area contributed by atoms with Gasteiger partial charge in [-0.2, -0.15) is 5.10 Å². The largest absolute Gasteiger partial charge is 0.387 e. The second-order valence-corrected chi connectivity index (χ2v) is 5.80. The number of amides is 1. The standard InChI is InChI=1S/C19H18FN3O2/c1-12-2-4-13(5-3-12)17(24)11-21-19(25)16-10-22-23-18(16)14-6-8-15(20)9-7-14/h2-10,17,24H,11H2,1H3,(H,21,25)(H,22,23). The van der Waals surface area contributed by atoms with Crippen LogP contribution in [0.2, 0.25) is 0 Å². The van der Waals surface area contributed by atoms with Crippen LogP contribution in [0.5, 0.6) is 0 Å². The van der Waals surface area contributed by atoms with Crippen molar-refractivity contribution in [3.05, 3.63) is 77.2 Å². The van der Waals surface area contributed by atoms with Gasteiger partial charge in [-0.15, -0.1) is 0 Å². The van der Waals surface area contributed by atoms with Crippen molar-refractivity contribution in [3.63, 3.8) is 0 Å². The number of nitrogens with zero attached hydrogens (tertiary/aromatic N) is 1. The van der Waals surface area contributed by atoms with Crippen molar-refractivity contribution >= 4 is 5.91 Å². The molecule has 3 N–H and O–H groups in total. The van der Waals surface area contributed by atoms with Gasteiger partial charge in [0.1, 0.15) is 5.82 Å². The van der Waals surface area contributed by atoms with E-state index in [0.29, 0.717) is 16.8 Å². The first-order valence-electron chi connectivity index (χ1n) is 7.86. The number of rotatable bonds is 5. The smallest absolute Gasteiger partial charge is 0.255 e. The lowest BCUT2D eigenvalue weighted by atomic mass is 10.1. The number of aliphatic hydroxyl groups is 1. The van der Waals surface area contributed by atoms with Crippen molar-refractivity contribution in [2.24, 2.45) is 0 Å². The molecule has 5 nitrogen and oxygen atoms in total. The molecule has 25 heavy (non-hydrogen) atoms. The van der Waals surface area contributed by atoms with Crippen molar-refractivity contribution in [2.75, 3.05) is 6.54 Å². The zero-order valence-electron chi connectivity index (χ0n) is 13.7. The Kier molecular flexibility index (Phi) is 4.90. The molecule has 0 aliphatic rings. The topological polar surface area (TPSA) is 78.0 Å². The number of carbonyl (C=O) groups is 1. The van der Waals surface area contributed by atoms with E-state index < -0.39 is 6.10 Å². The van der Waals surface area contributed by atoms with Crippen molar-refractivity contribution in [3.8, 4) is 11.3 Å². The summed E-state index contributed by atoms with van der Waals surface area (Å²) in [4.78, 5) is 12.4. The number of aromatic amines is 1. The van der Waals surface area contributed by atoms with Crippen molar-refractivity contribution in [1.29, 1.82) is 0 Å². The summed E-state index contributed by atoms with van der Waals surface area (Å²) in [5.74, 6) is -0.713. The summed E-state index contributed by atoms with van der Waals surface area (Å²) in [6.07, 6.45) is 0.609. The Hall–Kier alpha value is -2.99. The highest BCUT2D eigenvalue weighted by atomic mass is 19.1. The predicted octanol–water partition coefficient (Wildman–Crippen LogP) is 2.99. The molecule has 0 aliphatic carbocycles. The molecule has 1 atom stereocenters. The highest BCUT2D eigenvalue weighted by Crippen LogP contribution is 2.21. The van der Waals surface area contributed by atoms with Gasteiger partial charge in [0.05, 0.1) is 23.6 Å². The lowest BCUT2D eigenvalue weighted by Crippen LogP contribution is -2.28.